The Morgan fingerprint density at radius 3 is 2.70 bits per heavy atom. The maximum absolute atomic E-state index is 11.6. The summed E-state index contributed by atoms with van der Waals surface area (Å²) < 4.78 is 35.2. The Morgan fingerprint density at radius 2 is 2.00 bits per heavy atom. The first-order valence-electron chi connectivity index (χ1n) is 6.40. The van der Waals surface area contributed by atoms with Crippen molar-refractivity contribution in [2.75, 3.05) is 24.7 Å². The van der Waals surface area contributed by atoms with Crippen molar-refractivity contribution < 1.29 is 17.9 Å². The highest BCUT2D eigenvalue weighted by Crippen LogP contribution is 2.44. The number of alkyl halides is 1. The van der Waals surface area contributed by atoms with Gasteiger partial charge in [0.25, 0.3) is 0 Å². The van der Waals surface area contributed by atoms with Gasteiger partial charge >= 0.3 is 0 Å². The monoisotopic (exact) mass is 424 g/mol. The lowest BCUT2D eigenvalue weighted by atomic mass is 9.98. The second-order valence-electron chi connectivity index (χ2n) is 5.09. The molecule has 1 saturated heterocycles. The van der Waals surface area contributed by atoms with Crippen LogP contribution >= 0.6 is 31.9 Å². The fourth-order valence-electron chi connectivity index (χ4n) is 2.62. The average molecular weight is 426 g/mol. The highest BCUT2D eigenvalue weighted by Gasteiger charge is 2.34. The lowest BCUT2D eigenvalue weighted by Crippen LogP contribution is -2.16. The predicted octanol–water partition coefficient (Wildman–Crippen LogP) is 3.09. The molecular weight excluding hydrogens is 412 g/mol. The Bertz CT molecular complexity index is 630. The second-order valence-corrected chi connectivity index (χ2v) is 9.16. The predicted molar refractivity (Wildman–Crippen MR) is 83.6 cm³/mol. The van der Waals surface area contributed by atoms with Crippen LogP contribution in [0, 0.1) is 5.92 Å². The molecule has 0 bridgehead atoms. The number of halogens is 2. The highest BCUT2D eigenvalue weighted by atomic mass is 79.9. The van der Waals surface area contributed by atoms with Crippen LogP contribution in [0.15, 0.2) is 16.6 Å². The summed E-state index contributed by atoms with van der Waals surface area (Å²) in [4.78, 5) is 0.00639. The molecule has 110 valence electrons. The number of hydrogen-bond donors (Lipinski definition) is 0. The first-order valence-corrected chi connectivity index (χ1v) is 9.93. The average Bonchev–Trinajstić information content (AvgIpc) is 2.78. The van der Waals surface area contributed by atoms with Crippen LogP contribution in [0.3, 0.4) is 0 Å². The Kier molecular flexibility index (Phi) is 4.03. The zero-order chi connectivity index (χ0) is 14.3. The molecule has 1 aromatic rings. The first kappa shape index (κ1) is 14.7. The molecule has 0 saturated carbocycles. The van der Waals surface area contributed by atoms with E-state index < -0.39 is 9.84 Å². The smallest absolute Gasteiger partial charge is 0.175 e. The van der Waals surface area contributed by atoms with E-state index in [9.17, 15) is 8.42 Å². The Labute approximate surface area is 135 Å². The standard InChI is InChI=1S/C13H14Br2O4S/c14-10-5-9(6-11-13(10)19-3-2-18-11)12(15)8-1-4-20(16,17)7-8/h5-6,8,12H,1-4,7H2. The number of fused-ring (bicyclic) bond motifs is 1. The number of ether oxygens (including phenoxy) is 2. The minimum atomic E-state index is -2.87. The number of benzene rings is 1. The maximum Gasteiger partial charge on any atom is 0.175 e. The minimum absolute atomic E-state index is 0.00639. The fraction of sp³-hybridized carbons (Fsp3) is 0.538. The highest BCUT2D eigenvalue weighted by molar-refractivity contribution is 9.10. The van der Waals surface area contributed by atoms with Gasteiger partial charge in [-0.25, -0.2) is 8.42 Å². The summed E-state index contributed by atoms with van der Waals surface area (Å²) in [6, 6.07) is 3.90. The van der Waals surface area contributed by atoms with Gasteiger partial charge in [-0.15, -0.1) is 0 Å². The van der Waals surface area contributed by atoms with Gasteiger partial charge in [0.05, 0.1) is 16.0 Å². The molecular formula is C13H14Br2O4S. The van der Waals surface area contributed by atoms with Crippen LogP contribution in [0.5, 0.6) is 11.5 Å². The van der Waals surface area contributed by atoms with E-state index >= 15 is 0 Å². The molecule has 0 amide bonds. The third kappa shape index (κ3) is 2.85. The molecule has 2 atom stereocenters. The maximum atomic E-state index is 11.6. The third-order valence-electron chi connectivity index (χ3n) is 3.62. The van der Waals surface area contributed by atoms with Crippen LogP contribution in [-0.2, 0) is 9.84 Å². The second kappa shape index (κ2) is 5.50. The van der Waals surface area contributed by atoms with Crippen molar-refractivity contribution in [1.82, 2.24) is 0 Å². The van der Waals surface area contributed by atoms with Crippen molar-refractivity contribution in [2.24, 2.45) is 5.92 Å². The summed E-state index contributed by atoms with van der Waals surface area (Å²) in [5.41, 5.74) is 1.02. The van der Waals surface area contributed by atoms with E-state index in [1.165, 1.54) is 0 Å². The summed E-state index contributed by atoms with van der Waals surface area (Å²) in [6.07, 6.45) is 0.699. The lowest BCUT2D eigenvalue weighted by molar-refractivity contribution is 0.170. The van der Waals surface area contributed by atoms with Gasteiger partial charge in [-0.05, 0) is 46.0 Å². The molecule has 2 aliphatic heterocycles. The number of rotatable bonds is 2. The van der Waals surface area contributed by atoms with Crippen molar-refractivity contribution >= 4 is 41.7 Å². The molecule has 1 fully saturated rings. The van der Waals surface area contributed by atoms with E-state index in [4.69, 9.17) is 9.47 Å². The molecule has 0 N–H and O–H groups in total. The third-order valence-corrected chi connectivity index (χ3v) is 7.28. The summed E-state index contributed by atoms with van der Waals surface area (Å²) in [7, 11) is -2.87. The van der Waals surface area contributed by atoms with Gasteiger partial charge in [0.1, 0.15) is 13.2 Å². The zero-order valence-corrected chi connectivity index (χ0v) is 14.6. The molecule has 7 heteroatoms. The normalized spacial score (nSPS) is 25.4. The van der Waals surface area contributed by atoms with Crippen LogP contribution in [0.25, 0.3) is 0 Å². The van der Waals surface area contributed by atoms with Crippen LogP contribution in [-0.4, -0.2) is 33.1 Å². The topological polar surface area (TPSA) is 52.6 Å². The van der Waals surface area contributed by atoms with Crippen molar-refractivity contribution in [2.45, 2.75) is 11.2 Å². The van der Waals surface area contributed by atoms with Crippen molar-refractivity contribution in [3.8, 4) is 11.5 Å². The van der Waals surface area contributed by atoms with Gasteiger partial charge in [-0.1, -0.05) is 15.9 Å². The van der Waals surface area contributed by atoms with E-state index in [2.05, 4.69) is 31.9 Å². The van der Waals surface area contributed by atoms with Crippen LogP contribution < -0.4 is 9.47 Å². The number of sulfone groups is 1. The van der Waals surface area contributed by atoms with Crippen LogP contribution in [0.4, 0.5) is 0 Å². The van der Waals surface area contributed by atoms with Gasteiger partial charge in [0.2, 0.25) is 0 Å². The summed E-state index contributed by atoms with van der Waals surface area (Å²) in [6.45, 7) is 1.08. The van der Waals surface area contributed by atoms with E-state index in [0.29, 0.717) is 25.4 Å². The van der Waals surface area contributed by atoms with Gasteiger partial charge in [-0.2, -0.15) is 0 Å². The molecule has 20 heavy (non-hydrogen) atoms. The van der Waals surface area contributed by atoms with E-state index in [1.54, 1.807) is 0 Å². The molecule has 0 aromatic heterocycles. The zero-order valence-electron chi connectivity index (χ0n) is 10.6. The van der Waals surface area contributed by atoms with Gasteiger partial charge < -0.3 is 9.47 Å². The Balaban J connectivity index is 1.89. The molecule has 2 aliphatic rings. The largest absolute Gasteiger partial charge is 0.486 e. The fourth-order valence-corrected chi connectivity index (χ4v) is 5.99. The van der Waals surface area contributed by atoms with Gasteiger partial charge in [0, 0.05) is 4.83 Å². The quantitative estimate of drug-likeness (QED) is 0.683. The molecule has 1 aromatic carbocycles. The molecule has 0 spiro atoms. The summed E-state index contributed by atoms with van der Waals surface area (Å²) >= 11 is 7.13. The molecule has 3 rings (SSSR count). The van der Waals surface area contributed by atoms with Gasteiger partial charge in [0.15, 0.2) is 21.3 Å². The first-order chi connectivity index (χ1) is 9.46. The van der Waals surface area contributed by atoms with Crippen molar-refractivity contribution in [3.05, 3.63) is 22.2 Å². The molecule has 4 nitrogen and oxygen atoms in total. The summed E-state index contributed by atoms with van der Waals surface area (Å²) in [5.74, 6) is 2.07. The SMILES string of the molecule is O=S1(=O)CCC(C(Br)c2cc(Br)c3c(c2)OCCO3)C1. The molecule has 0 aliphatic carbocycles. The van der Waals surface area contributed by atoms with E-state index in [1.807, 2.05) is 12.1 Å². The van der Waals surface area contributed by atoms with Crippen molar-refractivity contribution in [1.29, 1.82) is 0 Å². The van der Waals surface area contributed by atoms with Gasteiger partial charge in [-0.3, -0.25) is 0 Å². The van der Waals surface area contributed by atoms with Crippen molar-refractivity contribution in [3.63, 3.8) is 0 Å². The lowest BCUT2D eigenvalue weighted by Gasteiger charge is -2.23. The van der Waals surface area contributed by atoms with Crippen LogP contribution in [0.2, 0.25) is 0 Å². The Hall–Kier alpha value is -0.270. The molecule has 0 radical (unpaired) electrons. The summed E-state index contributed by atoms with van der Waals surface area (Å²) in [5, 5.41) is 0. The molecule has 2 heterocycles. The van der Waals surface area contributed by atoms with Crippen LogP contribution in [0.1, 0.15) is 16.8 Å². The number of hydrogen-bond acceptors (Lipinski definition) is 4. The molecule has 2 unspecified atom stereocenters. The Morgan fingerprint density at radius 1 is 1.25 bits per heavy atom. The minimum Gasteiger partial charge on any atom is -0.486 e. The van der Waals surface area contributed by atoms with E-state index in [0.717, 1.165) is 15.8 Å². The van der Waals surface area contributed by atoms with E-state index in [-0.39, 0.29) is 22.3 Å².